The molecule has 0 heterocycles. The second-order valence-electron chi connectivity index (χ2n) is 7.12. The van der Waals surface area contributed by atoms with Gasteiger partial charge in [-0.15, -0.1) is 0 Å². The summed E-state index contributed by atoms with van der Waals surface area (Å²) in [6.45, 7) is 5.90. The number of carbonyl (C=O) groups is 2. The fourth-order valence-electron chi connectivity index (χ4n) is 2.19. The predicted octanol–water partition coefficient (Wildman–Crippen LogP) is 4.76. The van der Waals surface area contributed by atoms with E-state index in [0.29, 0.717) is 4.90 Å². The van der Waals surface area contributed by atoms with E-state index in [1.807, 2.05) is 42.5 Å². The van der Waals surface area contributed by atoms with Gasteiger partial charge in [-0.3, -0.25) is 0 Å². The highest BCUT2D eigenvalue weighted by atomic mass is 32.2. The van der Waals surface area contributed by atoms with E-state index in [1.54, 1.807) is 0 Å². The largest absolute Gasteiger partial charge is 0.441 e. The number of rotatable bonds is 6. The van der Waals surface area contributed by atoms with Gasteiger partial charge in [0, 0.05) is 9.79 Å². The monoisotopic (exact) mass is 408 g/mol. The fraction of sp³-hybridized carbons (Fsp3) is 0.273. The second kappa shape index (κ2) is 8.81. The van der Waals surface area contributed by atoms with Gasteiger partial charge in [-0.05, 0) is 52.0 Å². The van der Waals surface area contributed by atoms with Gasteiger partial charge in [-0.2, -0.15) is 10.5 Å². The zero-order valence-corrected chi connectivity index (χ0v) is 17.4. The van der Waals surface area contributed by atoms with Crippen molar-refractivity contribution in [2.45, 2.75) is 48.7 Å². The summed E-state index contributed by atoms with van der Waals surface area (Å²) >= 11 is 1.20. The number of hydrogen-bond acceptors (Lipinski definition) is 7. The molecule has 0 bridgehead atoms. The summed E-state index contributed by atoms with van der Waals surface area (Å²) in [5.74, 6) is -1.46. The van der Waals surface area contributed by atoms with Crippen LogP contribution in [-0.2, 0) is 9.47 Å². The molecule has 0 aliphatic heterocycles. The Balaban J connectivity index is 2.53. The molecule has 0 fully saturated rings. The Kier molecular flexibility index (Phi) is 6.68. The Morgan fingerprint density at radius 3 is 1.66 bits per heavy atom. The molecule has 7 heteroatoms. The molecular weight excluding hydrogens is 388 g/mol. The first kappa shape index (κ1) is 22.0. The van der Waals surface area contributed by atoms with Crippen molar-refractivity contribution in [3.63, 3.8) is 0 Å². The Morgan fingerprint density at radius 2 is 1.24 bits per heavy atom. The van der Waals surface area contributed by atoms with E-state index < -0.39 is 23.1 Å². The van der Waals surface area contributed by atoms with Crippen LogP contribution in [0.5, 0.6) is 0 Å². The average Bonchev–Trinajstić information content (AvgIpc) is 2.68. The van der Waals surface area contributed by atoms with Crippen LogP contribution < -0.4 is 0 Å². The first-order valence-corrected chi connectivity index (χ1v) is 9.55. The normalized spacial score (nSPS) is 11.1. The molecule has 2 aromatic carbocycles. The molecule has 2 rings (SSSR count). The maximum atomic E-state index is 12.8. The molecule has 0 amide bonds. The molecule has 0 atom stereocenters. The molecule has 6 nitrogen and oxygen atoms in total. The molecule has 0 aromatic heterocycles. The first-order chi connectivity index (χ1) is 13.6. The highest BCUT2D eigenvalue weighted by Gasteiger charge is 2.29. The standard InChI is InChI=1S/C22H20N2O4S/c1-21(2,13-23)27-19(25)16-11-8-12-17(20(26)28-22(3,4)14-24)18(16)29-15-9-6-5-7-10-15/h5-12H,1-4H3. The van der Waals surface area contributed by atoms with Crippen LogP contribution in [0.15, 0.2) is 58.3 Å². The molecule has 0 N–H and O–H groups in total. The maximum Gasteiger partial charge on any atom is 0.340 e. The lowest BCUT2D eigenvalue weighted by molar-refractivity contribution is 0.0190. The smallest absolute Gasteiger partial charge is 0.340 e. The second-order valence-corrected chi connectivity index (χ2v) is 8.20. The van der Waals surface area contributed by atoms with E-state index in [4.69, 9.17) is 20.0 Å². The minimum absolute atomic E-state index is 0.131. The van der Waals surface area contributed by atoms with Crippen molar-refractivity contribution in [2.24, 2.45) is 0 Å². The quantitative estimate of drug-likeness (QED) is 0.635. The van der Waals surface area contributed by atoms with Crippen LogP contribution in [0.2, 0.25) is 0 Å². The van der Waals surface area contributed by atoms with Gasteiger partial charge in [-0.25, -0.2) is 9.59 Å². The Bertz CT molecular complexity index is 943. The number of nitrogens with zero attached hydrogens (tertiary/aromatic N) is 2. The van der Waals surface area contributed by atoms with Crippen LogP contribution in [-0.4, -0.2) is 23.1 Å². The van der Waals surface area contributed by atoms with Gasteiger partial charge in [0.1, 0.15) is 12.1 Å². The fourth-order valence-corrected chi connectivity index (χ4v) is 3.25. The number of benzene rings is 2. The van der Waals surface area contributed by atoms with E-state index in [2.05, 4.69) is 0 Å². The number of nitriles is 2. The van der Waals surface area contributed by atoms with Crippen LogP contribution >= 0.6 is 11.8 Å². The van der Waals surface area contributed by atoms with Gasteiger partial charge in [-0.1, -0.05) is 36.0 Å². The zero-order chi connectivity index (χ0) is 21.7. The highest BCUT2D eigenvalue weighted by molar-refractivity contribution is 7.99. The van der Waals surface area contributed by atoms with Crippen molar-refractivity contribution in [2.75, 3.05) is 0 Å². The third-order valence-corrected chi connectivity index (χ3v) is 4.80. The van der Waals surface area contributed by atoms with Crippen LogP contribution in [0.4, 0.5) is 0 Å². The number of esters is 2. The van der Waals surface area contributed by atoms with E-state index in [0.717, 1.165) is 4.90 Å². The number of hydrogen-bond donors (Lipinski definition) is 0. The summed E-state index contributed by atoms with van der Waals surface area (Å²) in [7, 11) is 0. The van der Waals surface area contributed by atoms with Gasteiger partial charge in [0.05, 0.1) is 11.1 Å². The third-order valence-electron chi connectivity index (χ3n) is 3.65. The van der Waals surface area contributed by atoms with Crippen molar-refractivity contribution in [3.8, 4) is 12.1 Å². The van der Waals surface area contributed by atoms with Crippen molar-refractivity contribution in [1.29, 1.82) is 10.5 Å². The summed E-state index contributed by atoms with van der Waals surface area (Å²) in [6.07, 6.45) is 0. The zero-order valence-electron chi connectivity index (χ0n) is 16.6. The van der Waals surface area contributed by atoms with Crippen molar-refractivity contribution < 1.29 is 19.1 Å². The van der Waals surface area contributed by atoms with Crippen LogP contribution in [0, 0.1) is 22.7 Å². The lowest BCUT2D eigenvalue weighted by atomic mass is 10.1. The minimum atomic E-state index is -1.33. The summed E-state index contributed by atoms with van der Waals surface area (Å²) in [4.78, 5) is 26.6. The predicted molar refractivity (Wildman–Crippen MR) is 107 cm³/mol. The summed E-state index contributed by atoms with van der Waals surface area (Å²) in [6, 6.07) is 17.6. The SMILES string of the molecule is CC(C)(C#N)OC(=O)c1cccc(C(=O)OC(C)(C)C#N)c1Sc1ccccc1. The third kappa shape index (κ3) is 5.84. The summed E-state index contributed by atoms with van der Waals surface area (Å²) < 4.78 is 10.6. The molecule has 2 aromatic rings. The molecular formula is C22H20N2O4S. The Morgan fingerprint density at radius 1 is 0.793 bits per heavy atom. The van der Waals surface area contributed by atoms with Crippen molar-refractivity contribution >= 4 is 23.7 Å². The molecule has 0 spiro atoms. The van der Waals surface area contributed by atoms with Crippen LogP contribution in [0.25, 0.3) is 0 Å². The molecule has 0 radical (unpaired) electrons. The van der Waals surface area contributed by atoms with Crippen LogP contribution in [0.3, 0.4) is 0 Å². The van der Waals surface area contributed by atoms with Gasteiger partial charge in [0.2, 0.25) is 0 Å². The highest BCUT2D eigenvalue weighted by Crippen LogP contribution is 2.35. The van der Waals surface area contributed by atoms with E-state index in [-0.39, 0.29) is 11.1 Å². The maximum absolute atomic E-state index is 12.8. The molecule has 29 heavy (non-hydrogen) atoms. The number of carbonyl (C=O) groups excluding carboxylic acids is 2. The molecule has 0 saturated heterocycles. The molecule has 0 saturated carbocycles. The topological polar surface area (TPSA) is 100 Å². The van der Waals surface area contributed by atoms with Gasteiger partial charge >= 0.3 is 11.9 Å². The van der Waals surface area contributed by atoms with E-state index >= 15 is 0 Å². The molecule has 0 aliphatic carbocycles. The Labute approximate surface area is 174 Å². The molecule has 0 unspecified atom stereocenters. The van der Waals surface area contributed by atoms with Gasteiger partial charge < -0.3 is 9.47 Å². The minimum Gasteiger partial charge on any atom is -0.441 e. The van der Waals surface area contributed by atoms with Gasteiger partial charge in [0.25, 0.3) is 0 Å². The van der Waals surface area contributed by atoms with Gasteiger partial charge in [0.15, 0.2) is 11.2 Å². The Hall–Kier alpha value is -3.29. The average molecular weight is 408 g/mol. The van der Waals surface area contributed by atoms with E-state index in [9.17, 15) is 9.59 Å². The van der Waals surface area contributed by atoms with E-state index in [1.165, 1.54) is 57.7 Å². The lowest BCUT2D eigenvalue weighted by Crippen LogP contribution is -2.28. The van der Waals surface area contributed by atoms with Crippen molar-refractivity contribution in [1.82, 2.24) is 0 Å². The molecule has 0 aliphatic rings. The van der Waals surface area contributed by atoms with Crippen LogP contribution in [0.1, 0.15) is 48.4 Å². The first-order valence-electron chi connectivity index (χ1n) is 8.73. The molecule has 148 valence electrons. The number of ether oxygens (including phenoxy) is 2. The summed E-state index contributed by atoms with van der Waals surface area (Å²) in [5, 5.41) is 18.3. The van der Waals surface area contributed by atoms with Crippen molar-refractivity contribution in [3.05, 3.63) is 59.7 Å². The lowest BCUT2D eigenvalue weighted by Gasteiger charge is -2.20. The summed E-state index contributed by atoms with van der Waals surface area (Å²) in [5.41, 5.74) is -2.39.